The minimum absolute atomic E-state index is 0.0629. The molecule has 1 heterocycles. The molecule has 2 rings (SSSR count). The zero-order valence-electron chi connectivity index (χ0n) is 7.41. The van der Waals surface area contributed by atoms with Crippen molar-refractivity contribution < 1.29 is 14.3 Å². The number of fused-ring (bicyclic) bond motifs is 1. The number of carboxylic acid groups (broad SMARTS) is 1. The molecule has 0 aliphatic carbocycles. The third-order valence-corrected chi connectivity index (χ3v) is 2.05. The van der Waals surface area contributed by atoms with Crippen molar-refractivity contribution in [2.45, 2.75) is 0 Å². The minimum atomic E-state index is -1.14. The average Bonchev–Trinajstić information content (AvgIpc) is 2.59. The van der Waals surface area contributed by atoms with Crippen LogP contribution in [0.4, 0.5) is 4.39 Å². The topological polar surface area (TPSA) is 76.9 Å². The molecule has 0 saturated heterocycles. The number of aromatic nitrogens is 1. The molecule has 0 amide bonds. The highest BCUT2D eigenvalue weighted by molar-refractivity contribution is 5.95. The number of nitriles is 1. The number of hydrogen-bond donors (Lipinski definition) is 2. The molecular formula is C10H5FN2O2. The molecule has 0 aliphatic rings. The molecule has 2 aromatic rings. The van der Waals surface area contributed by atoms with Gasteiger partial charge >= 0.3 is 5.97 Å². The molecule has 0 fully saturated rings. The lowest BCUT2D eigenvalue weighted by Crippen LogP contribution is -1.94. The van der Waals surface area contributed by atoms with E-state index in [0.29, 0.717) is 10.9 Å². The summed E-state index contributed by atoms with van der Waals surface area (Å²) < 4.78 is 13.0. The number of aromatic amines is 1. The van der Waals surface area contributed by atoms with Crippen LogP contribution in [0.3, 0.4) is 0 Å². The third kappa shape index (κ3) is 1.42. The van der Waals surface area contributed by atoms with Crippen molar-refractivity contribution in [3.8, 4) is 6.07 Å². The molecular weight excluding hydrogens is 199 g/mol. The molecule has 0 spiro atoms. The molecule has 5 heteroatoms. The van der Waals surface area contributed by atoms with Gasteiger partial charge in [-0.3, -0.25) is 0 Å². The Morgan fingerprint density at radius 3 is 2.80 bits per heavy atom. The molecule has 2 N–H and O–H groups in total. The van der Waals surface area contributed by atoms with Crippen molar-refractivity contribution in [2.75, 3.05) is 0 Å². The van der Waals surface area contributed by atoms with Gasteiger partial charge < -0.3 is 10.1 Å². The number of H-pyrrole nitrogens is 1. The van der Waals surface area contributed by atoms with Crippen LogP contribution in [-0.4, -0.2) is 16.1 Å². The van der Waals surface area contributed by atoms with E-state index in [9.17, 15) is 9.18 Å². The Kier molecular flexibility index (Phi) is 1.90. The summed E-state index contributed by atoms with van der Waals surface area (Å²) in [6.07, 6.45) is 0. The first-order valence-electron chi connectivity index (χ1n) is 4.07. The van der Waals surface area contributed by atoms with Crippen LogP contribution in [0, 0.1) is 17.1 Å². The molecule has 0 radical (unpaired) electrons. The number of halogens is 1. The third-order valence-electron chi connectivity index (χ3n) is 2.05. The van der Waals surface area contributed by atoms with Crippen LogP contribution in [-0.2, 0) is 0 Å². The fourth-order valence-corrected chi connectivity index (χ4v) is 1.41. The summed E-state index contributed by atoms with van der Waals surface area (Å²) in [6, 6.07) is 5.35. The first-order valence-corrected chi connectivity index (χ1v) is 4.07. The van der Waals surface area contributed by atoms with Gasteiger partial charge in [-0.15, -0.1) is 0 Å². The number of carboxylic acids is 1. The lowest BCUT2D eigenvalue weighted by molar-refractivity contribution is 0.0691. The number of benzene rings is 1. The SMILES string of the molecule is N#Cc1cc(F)cc2[nH]c(C(=O)O)cc12. The quantitative estimate of drug-likeness (QED) is 0.744. The first-order chi connectivity index (χ1) is 7.11. The number of nitrogens with one attached hydrogen (secondary N) is 1. The Morgan fingerprint density at radius 2 is 2.20 bits per heavy atom. The van der Waals surface area contributed by atoms with Crippen LogP contribution in [0.1, 0.15) is 16.1 Å². The molecule has 0 bridgehead atoms. The Labute approximate surface area is 83.6 Å². The second-order valence-corrected chi connectivity index (χ2v) is 3.01. The standard InChI is InChI=1S/C10H5FN2O2/c11-6-1-5(4-12)7-3-9(10(14)15)13-8(7)2-6/h1-3,13H,(H,14,15). The van der Waals surface area contributed by atoms with Crippen molar-refractivity contribution in [1.82, 2.24) is 4.98 Å². The predicted octanol–water partition coefficient (Wildman–Crippen LogP) is 1.88. The Bertz CT molecular complexity index is 595. The molecule has 1 aromatic carbocycles. The smallest absolute Gasteiger partial charge is 0.352 e. The summed E-state index contributed by atoms with van der Waals surface area (Å²) >= 11 is 0. The van der Waals surface area contributed by atoms with Crippen LogP contribution in [0.15, 0.2) is 18.2 Å². The van der Waals surface area contributed by atoms with Crippen molar-refractivity contribution in [3.63, 3.8) is 0 Å². The summed E-state index contributed by atoms with van der Waals surface area (Å²) in [6.45, 7) is 0. The van der Waals surface area contributed by atoms with E-state index in [2.05, 4.69) is 4.98 Å². The maximum absolute atomic E-state index is 13.0. The maximum atomic E-state index is 13.0. The highest BCUT2D eigenvalue weighted by Gasteiger charge is 2.11. The Balaban J connectivity index is 2.81. The summed E-state index contributed by atoms with van der Waals surface area (Å²) in [5.74, 6) is -1.71. The van der Waals surface area contributed by atoms with E-state index in [4.69, 9.17) is 10.4 Å². The van der Waals surface area contributed by atoms with Gasteiger partial charge in [0, 0.05) is 5.39 Å². The monoisotopic (exact) mass is 204 g/mol. The number of nitrogens with zero attached hydrogens (tertiary/aromatic N) is 1. The lowest BCUT2D eigenvalue weighted by Gasteiger charge is -1.92. The molecule has 1 aromatic heterocycles. The van der Waals surface area contributed by atoms with Crippen LogP contribution in [0.2, 0.25) is 0 Å². The number of aromatic carboxylic acids is 1. The van der Waals surface area contributed by atoms with E-state index in [1.54, 1.807) is 0 Å². The zero-order chi connectivity index (χ0) is 11.0. The van der Waals surface area contributed by atoms with Gasteiger partial charge in [0.05, 0.1) is 17.1 Å². The van der Waals surface area contributed by atoms with Gasteiger partial charge in [0.25, 0.3) is 0 Å². The minimum Gasteiger partial charge on any atom is -0.477 e. The van der Waals surface area contributed by atoms with E-state index in [-0.39, 0.29) is 11.3 Å². The van der Waals surface area contributed by atoms with E-state index in [1.165, 1.54) is 6.07 Å². The number of hydrogen-bond acceptors (Lipinski definition) is 2. The van der Waals surface area contributed by atoms with Gasteiger partial charge in [0.2, 0.25) is 0 Å². The number of carbonyl (C=O) groups is 1. The van der Waals surface area contributed by atoms with E-state index >= 15 is 0 Å². The second-order valence-electron chi connectivity index (χ2n) is 3.01. The van der Waals surface area contributed by atoms with Crippen molar-refractivity contribution in [3.05, 3.63) is 35.3 Å². The average molecular weight is 204 g/mol. The van der Waals surface area contributed by atoms with Gasteiger partial charge in [-0.05, 0) is 18.2 Å². The van der Waals surface area contributed by atoms with Crippen molar-refractivity contribution in [1.29, 1.82) is 5.26 Å². The van der Waals surface area contributed by atoms with E-state index in [1.807, 2.05) is 6.07 Å². The summed E-state index contributed by atoms with van der Waals surface area (Å²) in [7, 11) is 0. The molecule has 74 valence electrons. The number of rotatable bonds is 1. The summed E-state index contributed by atoms with van der Waals surface area (Å²) in [4.78, 5) is 13.2. The molecule has 0 aliphatic heterocycles. The van der Waals surface area contributed by atoms with Gasteiger partial charge in [-0.25, -0.2) is 9.18 Å². The fourth-order valence-electron chi connectivity index (χ4n) is 1.41. The van der Waals surface area contributed by atoms with Crippen LogP contribution in [0.25, 0.3) is 10.9 Å². The van der Waals surface area contributed by atoms with Gasteiger partial charge in [-0.2, -0.15) is 5.26 Å². The molecule has 15 heavy (non-hydrogen) atoms. The largest absolute Gasteiger partial charge is 0.477 e. The van der Waals surface area contributed by atoms with Crippen molar-refractivity contribution >= 4 is 16.9 Å². The van der Waals surface area contributed by atoms with Crippen LogP contribution >= 0.6 is 0 Å². The van der Waals surface area contributed by atoms with Gasteiger partial charge in [0.1, 0.15) is 11.5 Å². The van der Waals surface area contributed by atoms with Crippen LogP contribution < -0.4 is 0 Å². The second kappa shape index (κ2) is 3.10. The van der Waals surface area contributed by atoms with Gasteiger partial charge in [0.15, 0.2) is 0 Å². The molecule has 4 nitrogen and oxygen atoms in total. The van der Waals surface area contributed by atoms with E-state index < -0.39 is 11.8 Å². The summed E-state index contributed by atoms with van der Waals surface area (Å²) in [5.41, 5.74) is 0.366. The predicted molar refractivity (Wildman–Crippen MR) is 49.9 cm³/mol. The summed E-state index contributed by atoms with van der Waals surface area (Å²) in [5, 5.41) is 17.9. The Hall–Kier alpha value is -2.35. The zero-order valence-corrected chi connectivity index (χ0v) is 7.41. The lowest BCUT2D eigenvalue weighted by atomic mass is 10.1. The molecule has 0 atom stereocenters. The fraction of sp³-hybridized carbons (Fsp3) is 0. The van der Waals surface area contributed by atoms with Crippen molar-refractivity contribution in [2.24, 2.45) is 0 Å². The normalized spacial score (nSPS) is 10.1. The van der Waals surface area contributed by atoms with E-state index in [0.717, 1.165) is 12.1 Å². The first kappa shape index (κ1) is 9.21. The highest BCUT2D eigenvalue weighted by atomic mass is 19.1. The van der Waals surface area contributed by atoms with Crippen LogP contribution in [0.5, 0.6) is 0 Å². The Morgan fingerprint density at radius 1 is 1.47 bits per heavy atom. The maximum Gasteiger partial charge on any atom is 0.352 e. The highest BCUT2D eigenvalue weighted by Crippen LogP contribution is 2.21. The molecule has 0 unspecified atom stereocenters. The molecule has 0 saturated carbocycles. The van der Waals surface area contributed by atoms with Gasteiger partial charge in [-0.1, -0.05) is 0 Å².